The van der Waals surface area contributed by atoms with Crippen molar-refractivity contribution in [3.8, 4) is 5.75 Å². The largest absolute Gasteiger partial charge is 0.492 e. The molecule has 0 amide bonds. The zero-order valence-corrected chi connectivity index (χ0v) is 8.80. The highest BCUT2D eigenvalue weighted by Crippen LogP contribution is 2.33. The van der Waals surface area contributed by atoms with Gasteiger partial charge < -0.3 is 9.84 Å². The molecule has 1 aromatic heterocycles. The van der Waals surface area contributed by atoms with E-state index in [0.29, 0.717) is 18.4 Å². The summed E-state index contributed by atoms with van der Waals surface area (Å²) in [5.41, 5.74) is 0. The summed E-state index contributed by atoms with van der Waals surface area (Å²) in [5.74, 6) is 1.74. The molecule has 1 aliphatic carbocycles. The molecule has 1 aliphatic rings. The van der Waals surface area contributed by atoms with Gasteiger partial charge in [0.15, 0.2) is 0 Å². The average molecular weight is 207 g/mol. The third-order valence-electron chi connectivity index (χ3n) is 3.15. The summed E-state index contributed by atoms with van der Waals surface area (Å²) in [7, 11) is 0. The van der Waals surface area contributed by atoms with Crippen LogP contribution in [0.5, 0.6) is 5.75 Å². The van der Waals surface area contributed by atoms with E-state index in [9.17, 15) is 5.11 Å². The highest BCUT2D eigenvalue weighted by atomic mass is 16.5. The van der Waals surface area contributed by atoms with Gasteiger partial charge in [-0.2, -0.15) is 0 Å². The molecule has 1 atom stereocenters. The maximum atomic E-state index is 9.24. The van der Waals surface area contributed by atoms with Gasteiger partial charge in [-0.1, -0.05) is 6.42 Å². The number of ether oxygens (including phenoxy) is 1. The third kappa shape index (κ3) is 2.69. The van der Waals surface area contributed by atoms with E-state index in [0.717, 1.165) is 5.75 Å². The molecular weight excluding hydrogens is 190 g/mol. The van der Waals surface area contributed by atoms with Gasteiger partial charge in [0.1, 0.15) is 5.75 Å². The van der Waals surface area contributed by atoms with Crippen molar-refractivity contribution >= 4 is 0 Å². The molecule has 0 spiro atoms. The van der Waals surface area contributed by atoms with Gasteiger partial charge in [0.2, 0.25) is 0 Å². The van der Waals surface area contributed by atoms with Crippen molar-refractivity contribution in [2.75, 3.05) is 13.2 Å². The van der Waals surface area contributed by atoms with Crippen LogP contribution in [0, 0.1) is 11.8 Å². The summed E-state index contributed by atoms with van der Waals surface area (Å²) >= 11 is 0. The second-order valence-corrected chi connectivity index (χ2v) is 4.13. The number of hydrogen-bond donors (Lipinski definition) is 1. The molecule has 0 radical (unpaired) electrons. The van der Waals surface area contributed by atoms with Crippen LogP contribution in [0.4, 0.5) is 0 Å². The van der Waals surface area contributed by atoms with Crippen molar-refractivity contribution in [2.45, 2.75) is 19.3 Å². The highest BCUT2D eigenvalue weighted by Gasteiger charge is 2.27. The smallest absolute Gasteiger partial charge is 0.137 e. The highest BCUT2D eigenvalue weighted by molar-refractivity contribution is 5.15. The maximum Gasteiger partial charge on any atom is 0.137 e. The van der Waals surface area contributed by atoms with Crippen LogP contribution in [0.25, 0.3) is 0 Å². The lowest BCUT2D eigenvalue weighted by Crippen LogP contribution is -2.29. The lowest BCUT2D eigenvalue weighted by atomic mass is 9.76. The molecule has 1 N–H and O–H groups in total. The zero-order chi connectivity index (χ0) is 10.5. The number of hydrogen-bond acceptors (Lipinski definition) is 3. The Morgan fingerprint density at radius 2 is 2.40 bits per heavy atom. The van der Waals surface area contributed by atoms with Crippen LogP contribution in [-0.4, -0.2) is 23.3 Å². The van der Waals surface area contributed by atoms with Gasteiger partial charge in [-0.25, -0.2) is 0 Å². The summed E-state index contributed by atoms with van der Waals surface area (Å²) in [6.07, 6.45) is 7.20. The lowest BCUT2D eigenvalue weighted by molar-refractivity contribution is 0.0794. The summed E-state index contributed by atoms with van der Waals surface area (Å²) < 4.78 is 5.59. The van der Waals surface area contributed by atoms with E-state index in [1.54, 1.807) is 12.4 Å². The Hall–Kier alpha value is -1.09. The summed E-state index contributed by atoms with van der Waals surface area (Å²) in [6, 6.07) is 3.74. The molecule has 1 heterocycles. The fourth-order valence-electron chi connectivity index (χ4n) is 1.88. The fraction of sp³-hybridized carbons (Fsp3) is 0.583. The van der Waals surface area contributed by atoms with E-state index in [1.165, 1.54) is 19.3 Å². The zero-order valence-electron chi connectivity index (χ0n) is 8.80. The Morgan fingerprint density at radius 1 is 1.53 bits per heavy atom. The van der Waals surface area contributed by atoms with Gasteiger partial charge in [0.25, 0.3) is 0 Å². The molecule has 1 fully saturated rings. The number of aromatic nitrogens is 1. The Bertz CT molecular complexity index is 285. The number of aliphatic hydroxyl groups is 1. The minimum Gasteiger partial charge on any atom is -0.492 e. The Balaban J connectivity index is 1.80. The van der Waals surface area contributed by atoms with Crippen LogP contribution in [0.15, 0.2) is 24.5 Å². The Kier molecular flexibility index (Phi) is 3.56. The van der Waals surface area contributed by atoms with Crippen LogP contribution in [0.3, 0.4) is 0 Å². The monoisotopic (exact) mass is 207 g/mol. The number of nitrogens with zero attached hydrogens (tertiary/aromatic N) is 1. The van der Waals surface area contributed by atoms with E-state index in [-0.39, 0.29) is 6.61 Å². The molecule has 2 rings (SSSR count). The first-order chi connectivity index (χ1) is 7.40. The number of pyridine rings is 1. The van der Waals surface area contributed by atoms with E-state index >= 15 is 0 Å². The summed E-state index contributed by atoms with van der Waals surface area (Å²) in [4.78, 5) is 3.98. The van der Waals surface area contributed by atoms with Crippen LogP contribution >= 0.6 is 0 Å². The van der Waals surface area contributed by atoms with E-state index in [4.69, 9.17) is 4.74 Å². The van der Waals surface area contributed by atoms with Crippen LogP contribution < -0.4 is 4.74 Å². The quantitative estimate of drug-likeness (QED) is 0.801. The van der Waals surface area contributed by atoms with Crippen molar-refractivity contribution < 1.29 is 9.84 Å². The molecule has 0 aromatic carbocycles. The minimum absolute atomic E-state index is 0.227. The van der Waals surface area contributed by atoms with E-state index in [2.05, 4.69) is 4.98 Å². The third-order valence-corrected chi connectivity index (χ3v) is 3.15. The molecule has 3 nitrogen and oxygen atoms in total. The van der Waals surface area contributed by atoms with Crippen molar-refractivity contribution in [3.63, 3.8) is 0 Å². The van der Waals surface area contributed by atoms with Gasteiger partial charge in [-0.05, 0) is 30.9 Å². The SMILES string of the molecule is OCC(COc1cccnc1)C1CCC1. The first-order valence-corrected chi connectivity index (χ1v) is 5.54. The first kappa shape index (κ1) is 10.4. The van der Waals surface area contributed by atoms with Gasteiger partial charge in [-0.15, -0.1) is 0 Å². The first-order valence-electron chi connectivity index (χ1n) is 5.54. The van der Waals surface area contributed by atoms with Gasteiger partial charge >= 0.3 is 0 Å². The normalized spacial score (nSPS) is 18.2. The lowest BCUT2D eigenvalue weighted by Gasteiger charge is -2.32. The molecule has 1 aromatic rings. The molecule has 1 unspecified atom stereocenters. The average Bonchev–Trinajstić information content (AvgIpc) is 2.23. The van der Waals surface area contributed by atoms with Crippen LogP contribution in [0.2, 0.25) is 0 Å². The van der Waals surface area contributed by atoms with Crippen molar-refractivity contribution in [1.29, 1.82) is 0 Å². The second kappa shape index (κ2) is 5.12. The summed E-state index contributed by atoms with van der Waals surface area (Å²) in [5, 5.41) is 9.24. The van der Waals surface area contributed by atoms with Gasteiger partial charge in [0, 0.05) is 18.7 Å². The predicted molar refractivity (Wildman–Crippen MR) is 57.6 cm³/mol. The fourth-order valence-corrected chi connectivity index (χ4v) is 1.88. The Labute approximate surface area is 90.1 Å². The van der Waals surface area contributed by atoms with Crippen LogP contribution in [-0.2, 0) is 0 Å². The molecule has 3 heteroatoms. The molecule has 0 bridgehead atoms. The topological polar surface area (TPSA) is 42.4 Å². The number of aliphatic hydroxyl groups excluding tert-OH is 1. The van der Waals surface area contributed by atoms with Crippen molar-refractivity contribution in [1.82, 2.24) is 4.98 Å². The van der Waals surface area contributed by atoms with E-state index in [1.807, 2.05) is 12.1 Å². The molecule has 82 valence electrons. The maximum absolute atomic E-state index is 9.24. The van der Waals surface area contributed by atoms with Gasteiger partial charge in [-0.3, -0.25) is 4.98 Å². The van der Waals surface area contributed by atoms with E-state index < -0.39 is 0 Å². The number of rotatable bonds is 5. The molecule has 0 aliphatic heterocycles. The van der Waals surface area contributed by atoms with Crippen LogP contribution in [0.1, 0.15) is 19.3 Å². The molecule has 1 saturated carbocycles. The standard InChI is InChI=1S/C12H17NO2/c14-8-11(10-3-1-4-10)9-15-12-5-2-6-13-7-12/h2,5-7,10-11,14H,1,3-4,8-9H2. The molecule has 15 heavy (non-hydrogen) atoms. The van der Waals surface area contributed by atoms with Crippen molar-refractivity contribution in [3.05, 3.63) is 24.5 Å². The molecular formula is C12H17NO2. The van der Waals surface area contributed by atoms with Crippen molar-refractivity contribution in [2.24, 2.45) is 11.8 Å². The molecule has 0 saturated heterocycles. The van der Waals surface area contributed by atoms with Gasteiger partial charge in [0.05, 0.1) is 12.8 Å². The minimum atomic E-state index is 0.227. The summed E-state index contributed by atoms with van der Waals surface area (Å²) in [6.45, 7) is 0.831. The second-order valence-electron chi connectivity index (χ2n) is 4.13. The predicted octanol–water partition coefficient (Wildman–Crippen LogP) is 1.87. The Morgan fingerprint density at radius 3 is 2.93 bits per heavy atom.